The van der Waals surface area contributed by atoms with Crippen molar-refractivity contribution in [2.24, 2.45) is 0 Å². The Labute approximate surface area is 296 Å². The van der Waals surface area contributed by atoms with Crippen LogP contribution < -0.4 is 9.80 Å². The summed E-state index contributed by atoms with van der Waals surface area (Å²) in [4.78, 5) is 4.55. The molecule has 0 unspecified atom stereocenters. The second-order valence-corrected chi connectivity index (χ2v) is 13.8. The van der Waals surface area contributed by atoms with Gasteiger partial charge in [-0.05, 0) is 79.8 Å². The van der Waals surface area contributed by atoms with Crippen LogP contribution in [0.25, 0.3) is 0 Å². The van der Waals surface area contributed by atoms with Crippen LogP contribution in [0.15, 0.2) is 86.2 Å². The van der Waals surface area contributed by atoms with Crippen LogP contribution >= 0.6 is 71.0 Å². The Bertz CT molecular complexity index is 1120. The number of hydrogen-bond donors (Lipinski definition) is 0. The zero-order chi connectivity index (χ0) is 28.7. The van der Waals surface area contributed by atoms with Gasteiger partial charge in [-0.1, -0.05) is 94.3 Å². The molecule has 3 aromatic carbocycles. The van der Waals surface area contributed by atoms with Gasteiger partial charge in [0.2, 0.25) is 0 Å². The van der Waals surface area contributed by atoms with Crippen LogP contribution in [0, 0.1) is 0 Å². The number of nitrogens with zero attached hydrogens (tertiary/aromatic N) is 2. The lowest BCUT2D eigenvalue weighted by Gasteiger charge is -2.29. The van der Waals surface area contributed by atoms with Gasteiger partial charge in [-0.3, -0.25) is 0 Å². The molecule has 2 heterocycles. The van der Waals surface area contributed by atoms with Gasteiger partial charge in [0.15, 0.2) is 0 Å². The summed E-state index contributed by atoms with van der Waals surface area (Å²) in [5, 5.41) is 0. The van der Waals surface area contributed by atoms with E-state index in [1.165, 1.54) is 29.8 Å². The van der Waals surface area contributed by atoms with E-state index in [0.29, 0.717) is 0 Å². The molecule has 2 saturated heterocycles. The van der Waals surface area contributed by atoms with Crippen LogP contribution in [0.4, 0.5) is 11.4 Å². The first kappa shape index (κ1) is 42.2. The molecule has 3 fully saturated rings. The molecule has 0 radical (unpaired) electrons. The van der Waals surface area contributed by atoms with E-state index in [1.54, 1.807) is 6.92 Å². The highest BCUT2D eigenvalue weighted by atomic mass is 79.9. The molecule has 0 bridgehead atoms. The van der Waals surface area contributed by atoms with Crippen molar-refractivity contribution in [3.05, 3.63) is 91.8 Å². The maximum atomic E-state index is 5.37. The van der Waals surface area contributed by atoms with Gasteiger partial charge in [-0.2, -0.15) is 0 Å². The number of alkyl halides is 2. The summed E-state index contributed by atoms with van der Waals surface area (Å²) in [6.45, 7) is 9.18. The molecule has 4 nitrogen and oxygen atoms in total. The van der Waals surface area contributed by atoms with Crippen molar-refractivity contribution in [2.75, 3.05) is 62.4 Å². The lowest BCUT2D eigenvalue weighted by Crippen LogP contribution is -2.36. The molecule has 0 spiro atoms. The van der Waals surface area contributed by atoms with Crippen molar-refractivity contribution in [1.29, 1.82) is 0 Å². The molecule has 43 heavy (non-hydrogen) atoms. The fourth-order valence-electron chi connectivity index (χ4n) is 4.17. The first-order valence-corrected chi connectivity index (χ1v) is 16.8. The van der Waals surface area contributed by atoms with Gasteiger partial charge < -0.3 is 19.3 Å². The van der Waals surface area contributed by atoms with Gasteiger partial charge in [-0.25, -0.2) is 0 Å². The molecule has 1 aliphatic carbocycles. The summed E-state index contributed by atoms with van der Waals surface area (Å²) < 4.78 is 14.0. The predicted octanol–water partition coefficient (Wildman–Crippen LogP) is 11.6. The highest BCUT2D eigenvalue weighted by molar-refractivity contribution is 9.11. The molecule has 242 valence electrons. The van der Waals surface area contributed by atoms with E-state index in [1.807, 2.05) is 30.3 Å². The van der Waals surface area contributed by atoms with Crippen molar-refractivity contribution in [3.63, 3.8) is 0 Å². The molecule has 3 aromatic rings. The predicted molar refractivity (Wildman–Crippen MR) is 202 cm³/mol. The second kappa shape index (κ2) is 23.5. The minimum absolute atomic E-state index is 0. The van der Waals surface area contributed by atoms with Gasteiger partial charge in [0, 0.05) is 51.0 Å². The number of morpholine rings is 2. The van der Waals surface area contributed by atoms with Crippen LogP contribution in [0.2, 0.25) is 0 Å². The first-order chi connectivity index (χ1) is 19.3. The van der Waals surface area contributed by atoms with Crippen LogP contribution in [0.5, 0.6) is 0 Å². The number of halogens is 5. The molecular weight excluding hydrogens is 779 g/mol. The quantitative estimate of drug-likeness (QED) is 0.246. The third-order valence-electron chi connectivity index (χ3n) is 6.27. The fourth-order valence-corrected chi connectivity index (χ4v) is 5.66. The third kappa shape index (κ3) is 17.5. The van der Waals surface area contributed by atoms with Crippen molar-refractivity contribution >= 4 is 82.4 Å². The second-order valence-electron chi connectivity index (χ2n) is 9.51. The number of benzene rings is 3. The Balaban J connectivity index is 0.000000579. The number of anilines is 2. The zero-order valence-electron chi connectivity index (χ0n) is 22.8. The van der Waals surface area contributed by atoms with Crippen molar-refractivity contribution in [2.45, 2.75) is 52.8 Å². The fraction of sp³-hybridized carbons (Fsp3) is 0.471. The smallest absolute Gasteiger partial charge is 0.105 e. The van der Waals surface area contributed by atoms with E-state index in [4.69, 9.17) is 32.7 Å². The molecule has 6 rings (SSSR count). The standard InChI is InChI=1S/C13H17NO.C10H12BrNO.C6H4Br2.C2H4Cl2.3CH4/c1-2-12(11-4-5-11)10-13(3-1)14-6-8-15-9-7-14;11-9-2-1-3-10(8-9)12-4-6-13-7-5-12;7-5-2-1-3-6(8)4-5;1-2(3)4;;;/h1-3,10-11H,4-9H2;1-3,8H,4-7H2;1-4H;2H,1H3;3*1H4. The van der Waals surface area contributed by atoms with Gasteiger partial charge in [0.1, 0.15) is 4.84 Å². The highest BCUT2D eigenvalue weighted by Gasteiger charge is 2.24. The SMILES string of the molecule is Brc1cccc(Br)c1.Brc1cccc(N2CCOCC2)c1.C.C.C.CC(Cl)Cl.c1cc(C2CC2)cc(N2CCOCC2)c1. The summed E-state index contributed by atoms with van der Waals surface area (Å²) >= 11 is 20.2. The monoisotopic (exact) mass is 824 g/mol. The van der Waals surface area contributed by atoms with E-state index < -0.39 is 0 Å². The molecule has 3 aliphatic rings. The summed E-state index contributed by atoms with van der Waals surface area (Å²) in [6.07, 6.45) is 2.76. The third-order valence-corrected chi connectivity index (χ3v) is 7.75. The van der Waals surface area contributed by atoms with Gasteiger partial charge in [0.05, 0.1) is 26.4 Å². The van der Waals surface area contributed by atoms with Gasteiger partial charge >= 0.3 is 0 Å². The number of ether oxygens (including phenoxy) is 2. The topological polar surface area (TPSA) is 24.9 Å². The minimum Gasteiger partial charge on any atom is -0.378 e. The Kier molecular flexibility index (Phi) is 23.1. The normalized spacial score (nSPS) is 15.4. The molecule has 0 aromatic heterocycles. The minimum atomic E-state index is -0.222. The van der Waals surface area contributed by atoms with E-state index in [9.17, 15) is 0 Å². The Morgan fingerprint density at radius 2 is 1.00 bits per heavy atom. The van der Waals surface area contributed by atoms with E-state index >= 15 is 0 Å². The largest absolute Gasteiger partial charge is 0.378 e. The Morgan fingerprint density at radius 3 is 1.37 bits per heavy atom. The van der Waals surface area contributed by atoms with Crippen LogP contribution in [-0.2, 0) is 9.47 Å². The lowest BCUT2D eigenvalue weighted by molar-refractivity contribution is 0.122. The van der Waals surface area contributed by atoms with E-state index in [-0.39, 0.29) is 27.1 Å². The zero-order valence-corrected chi connectivity index (χ0v) is 29.0. The summed E-state index contributed by atoms with van der Waals surface area (Å²) in [7, 11) is 0. The summed E-state index contributed by atoms with van der Waals surface area (Å²) in [6, 6.07) is 25.4. The molecule has 1 saturated carbocycles. The molecule has 0 N–H and O–H groups in total. The molecular formula is C34H49Br3Cl2N2O2. The van der Waals surface area contributed by atoms with Crippen molar-refractivity contribution in [3.8, 4) is 0 Å². The van der Waals surface area contributed by atoms with Crippen LogP contribution in [-0.4, -0.2) is 57.4 Å². The average molecular weight is 828 g/mol. The average Bonchev–Trinajstić information content (AvgIpc) is 3.81. The van der Waals surface area contributed by atoms with Crippen molar-refractivity contribution < 1.29 is 9.47 Å². The molecule has 0 atom stereocenters. The highest BCUT2D eigenvalue weighted by Crippen LogP contribution is 2.41. The van der Waals surface area contributed by atoms with E-state index in [0.717, 1.165) is 71.9 Å². The molecule has 0 amide bonds. The molecule has 2 aliphatic heterocycles. The van der Waals surface area contributed by atoms with Gasteiger partial charge in [0.25, 0.3) is 0 Å². The molecule has 9 heteroatoms. The Hall–Kier alpha value is -0.800. The summed E-state index contributed by atoms with van der Waals surface area (Å²) in [5.41, 5.74) is 4.18. The maximum Gasteiger partial charge on any atom is 0.105 e. The van der Waals surface area contributed by atoms with E-state index in [2.05, 4.69) is 100 Å². The van der Waals surface area contributed by atoms with Crippen LogP contribution in [0.3, 0.4) is 0 Å². The summed E-state index contributed by atoms with van der Waals surface area (Å²) in [5.74, 6) is 0.853. The Morgan fingerprint density at radius 1 is 0.628 bits per heavy atom. The van der Waals surface area contributed by atoms with Crippen molar-refractivity contribution in [1.82, 2.24) is 0 Å². The maximum absolute atomic E-state index is 5.37. The number of rotatable bonds is 3. The lowest BCUT2D eigenvalue weighted by atomic mass is 10.1. The van der Waals surface area contributed by atoms with Gasteiger partial charge in [-0.15, -0.1) is 23.2 Å². The number of hydrogen-bond acceptors (Lipinski definition) is 4. The first-order valence-electron chi connectivity index (χ1n) is 13.5. The van der Waals surface area contributed by atoms with Crippen LogP contribution in [0.1, 0.15) is 53.5 Å².